The van der Waals surface area contributed by atoms with Crippen LogP contribution in [0.4, 0.5) is 5.82 Å². The van der Waals surface area contributed by atoms with E-state index in [2.05, 4.69) is 43.8 Å². The van der Waals surface area contributed by atoms with E-state index in [1.54, 1.807) is 19.6 Å². The van der Waals surface area contributed by atoms with Crippen molar-refractivity contribution in [2.75, 3.05) is 5.73 Å². The average Bonchev–Trinajstić information content (AvgIpc) is 3.20. The highest BCUT2D eigenvalue weighted by Crippen LogP contribution is 2.17. The lowest BCUT2D eigenvalue weighted by atomic mass is 10.4. The second kappa shape index (κ2) is 7.14. The number of fused-ring (bicyclic) bond motifs is 2. The van der Waals surface area contributed by atoms with Gasteiger partial charge in [0, 0.05) is 12.1 Å². The van der Waals surface area contributed by atoms with Crippen LogP contribution in [0.2, 0.25) is 0 Å². The van der Waals surface area contributed by atoms with Gasteiger partial charge in [0.2, 0.25) is 0 Å². The number of nitrogen functional groups attached to an aromatic ring is 1. The number of rotatable bonds is 2. The molecular weight excluding hydrogens is 346 g/mol. The fourth-order valence-corrected chi connectivity index (χ4v) is 2.66. The van der Waals surface area contributed by atoms with Crippen molar-refractivity contribution in [1.82, 2.24) is 39.0 Å². The number of imidazole rings is 2. The van der Waals surface area contributed by atoms with E-state index in [1.165, 1.54) is 6.33 Å². The van der Waals surface area contributed by atoms with Gasteiger partial charge in [-0.2, -0.15) is 0 Å². The number of aromatic nitrogens is 8. The molecule has 142 valence electrons. The van der Waals surface area contributed by atoms with Crippen LogP contribution in [0.5, 0.6) is 0 Å². The number of nitrogens with two attached hydrogens (primary N) is 1. The average molecular weight is 369 g/mol. The fourth-order valence-electron chi connectivity index (χ4n) is 2.66. The largest absolute Gasteiger partial charge is 0.382 e. The van der Waals surface area contributed by atoms with Gasteiger partial charge in [0.25, 0.3) is 5.56 Å². The summed E-state index contributed by atoms with van der Waals surface area (Å²) in [6, 6.07) is 0.591. The summed E-state index contributed by atoms with van der Waals surface area (Å²) in [5.74, 6) is 1.05. The van der Waals surface area contributed by atoms with Crippen molar-refractivity contribution in [3.05, 3.63) is 35.2 Å². The highest BCUT2D eigenvalue weighted by Gasteiger charge is 2.10. The van der Waals surface area contributed by atoms with Gasteiger partial charge in [0.1, 0.15) is 17.7 Å². The highest BCUT2D eigenvalue weighted by molar-refractivity contribution is 5.81. The molecule has 4 aromatic heterocycles. The van der Waals surface area contributed by atoms with Crippen LogP contribution >= 0.6 is 0 Å². The van der Waals surface area contributed by atoms with Gasteiger partial charge < -0.3 is 19.9 Å². The number of hydrogen-bond donors (Lipinski definition) is 2. The maximum Gasteiger partial charge on any atom is 0.279 e. The summed E-state index contributed by atoms with van der Waals surface area (Å²) in [4.78, 5) is 34.5. The molecule has 27 heavy (non-hydrogen) atoms. The topological polar surface area (TPSA) is 133 Å². The number of H-pyrrole nitrogens is 1. The van der Waals surface area contributed by atoms with Crippen LogP contribution in [-0.4, -0.2) is 39.0 Å². The second-order valence-electron chi connectivity index (χ2n) is 6.75. The molecule has 0 aliphatic heterocycles. The van der Waals surface area contributed by atoms with E-state index in [0.29, 0.717) is 34.4 Å². The molecule has 4 rings (SSSR count). The van der Waals surface area contributed by atoms with Crippen LogP contribution in [0, 0.1) is 6.92 Å². The molecule has 0 bridgehead atoms. The second-order valence-corrected chi connectivity index (χ2v) is 6.75. The molecule has 4 heterocycles. The van der Waals surface area contributed by atoms with Crippen LogP contribution in [0.15, 0.2) is 23.8 Å². The van der Waals surface area contributed by atoms with Crippen LogP contribution in [0.1, 0.15) is 45.6 Å². The Balaban J connectivity index is 0.000000156. The molecule has 0 saturated carbocycles. The molecule has 0 fully saturated rings. The maximum absolute atomic E-state index is 11.5. The normalized spacial score (nSPS) is 11.4. The number of aromatic amines is 1. The molecule has 3 N–H and O–H groups in total. The molecule has 10 nitrogen and oxygen atoms in total. The van der Waals surface area contributed by atoms with Crippen molar-refractivity contribution in [1.29, 1.82) is 0 Å². The minimum absolute atomic E-state index is 0.174. The van der Waals surface area contributed by atoms with Crippen molar-refractivity contribution < 1.29 is 0 Å². The molecule has 0 atom stereocenters. The Labute approximate surface area is 155 Å². The van der Waals surface area contributed by atoms with Gasteiger partial charge >= 0.3 is 0 Å². The van der Waals surface area contributed by atoms with Gasteiger partial charge in [0.15, 0.2) is 22.6 Å². The number of aryl methyl sites for hydroxylation is 1. The Kier molecular flexibility index (Phi) is 4.89. The zero-order chi connectivity index (χ0) is 19.7. The first kappa shape index (κ1) is 18.5. The van der Waals surface area contributed by atoms with Crippen LogP contribution in [0.3, 0.4) is 0 Å². The quantitative estimate of drug-likeness (QED) is 0.552. The minimum Gasteiger partial charge on any atom is -0.382 e. The van der Waals surface area contributed by atoms with Crippen molar-refractivity contribution in [3.8, 4) is 0 Å². The Morgan fingerprint density at radius 1 is 0.926 bits per heavy atom. The molecule has 10 heteroatoms. The Hall–Kier alpha value is -3.30. The number of nitrogens with one attached hydrogen (secondary N) is 1. The molecule has 0 aliphatic carbocycles. The Bertz CT molecular complexity index is 1140. The first-order valence-electron chi connectivity index (χ1n) is 8.66. The SMILES string of the molecule is CC(C)n1cnc2c(N)ncnc21.Cc1nc2c(ncn2C(C)C)c(=O)[nH]1. The van der Waals surface area contributed by atoms with Gasteiger partial charge in [0.05, 0.1) is 12.7 Å². The first-order valence-corrected chi connectivity index (χ1v) is 8.66. The molecule has 0 aliphatic rings. The molecule has 0 unspecified atom stereocenters. The lowest BCUT2D eigenvalue weighted by Gasteiger charge is -2.06. The number of hydrogen-bond acceptors (Lipinski definition) is 7. The zero-order valence-electron chi connectivity index (χ0n) is 16.0. The van der Waals surface area contributed by atoms with Gasteiger partial charge in [-0.1, -0.05) is 0 Å². The third-order valence-corrected chi connectivity index (χ3v) is 4.05. The standard InChI is InChI=1S/C9H12N4O.C8H11N5/c1-5(2)13-4-10-7-8(13)11-6(3)12-9(7)14;1-5(2)13-4-12-6-7(9)10-3-11-8(6)13/h4-5H,1-3H3,(H,11,12,14);3-5H,1-2H3,(H2,9,10,11). The molecule has 0 radical (unpaired) electrons. The summed E-state index contributed by atoms with van der Waals surface area (Å²) >= 11 is 0. The molecular formula is C17H23N9O. The van der Waals surface area contributed by atoms with E-state index in [4.69, 9.17) is 5.73 Å². The lowest BCUT2D eigenvalue weighted by molar-refractivity contribution is 0.612. The molecule has 0 aromatic carbocycles. The van der Waals surface area contributed by atoms with Gasteiger partial charge in [-0.15, -0.1) is 0 Å². The predicted molar refractivity (Wildman–Crippen MR) is 103 cm³/mol. The monoisotopic (exact) mass is 369 g/mol. The fraction of sp³-hybridized carbons (Fsp3) is 0.412. The maximum atomic E-state index is 11.5. The Morgan fingerprint density at radius 2 is 1.52 bits per heavy atom. The Morgan fingerprint density at radius 3 is 2.15 bits per heavy atom. The van der Waals surface area contributed by atoms with Crippen LogP contribution in [-0.2, 0) is 0 Å². The number of nitrogens with zero attached hydrogens (tertiary/aromatic N) is 7. The van der Waals surface area contributed by atoms with E-state index < -0.39 is 0 Å². The van der Waals surface area contributed by atoms with Crippen molar-refractivity contribution in [2.45, 2.75) is 46.7 Å². The van der Waals surface area contributed by atoms with Gasteiger partial charge in [-0.3, -0.25) is 4.79 Å². The van der Waals surface area contributed by atoms with E-state index in [1.807, 2.05) is 23.0 Å². The van der Waals surface area contributed by atoms with Gasteiger partial charge in [-0.25, -0.2) is 24.9 Å². The summed E-state index contributed by atoms with van der Waals surface area (Å²) in [6.45, 7) is 9.95. The minimum atomic E-state index is -0.174. The molecule has 0 spiro atoms. The van der Waals surface area contributed by atoms with Crippen molar-refractivity contribution in [3.63, 3.8) is 0 Å². The zero-order valence-corrected chi connectivity index (χ0v) is 16.0. The molecule has 0 saturated heterocycles. The lowest BCUT2D eigenvalue weighted by Crippen LogP contribution is -2.11. The smallest absolute Gasteiger partial charge is 0.279 e. The summed E-state index contributed by atoms with van der Waals surface area (Å²) < 4.78 is 3.85. The van der Waals surface area contributed by atoms with Gasteiger partial charge in [-0.05, 0) is 34.6 Å². The number of anilines is 1. The van der Waals surface area contributed by atoms with E-state index in [9.17, 15) is 4.79 Å². The van der Waals surface area contributed by atoms with Crippen LogP contribution in [0.25, 0.3) is 22.3 Å². The first-order chi connectivity index (χ1) is 12.8. The third kappa shape index (κ3) is 3.50. The summed E-state index contributed by atoms with van der Waals surface area (Å²) in [5.41, 5.74) is 8.00. The summed E-state index contributed by atoms with van der Waals surface area (Å²) in [5, 5.41) is 0. The highest BCUT2D eigenvalue weighted by atomic mass is 16.1. The van der Waals surface area contributed by atoms with Crippen molar-refractivity contribution in [2.24, 2.45) is 0 Å². The summed E-state index contributed by atoms with van der Waals surface area (Å²) in [6.07, 6.45) is 4.84. The van der Waals surface area contributed by atoms with E-state index in [0.717, 1.165) is 5.65 Å². The third-order valence-electron chi connectivity index (χ3n) is 4.05. The summed E-state index contributed by atoms with van der Waals surface area (Å²) in [7, 11) is 0. The predicted octanol–water partition coefficient (Wildman–Crippen LogP) is 2.00. The molecule has 0 amide bonds. The van der Waals surface area contributed by atoms with Crippen molar-refractivity contribution >= 4 is 28.1 Å². The molecule has 4 aromatic rings. The van der Waals surface area contributed by atoms with E-state index >= 15 is 0 Å². The van der Waals surface area contributed by atoms with E-state index in [-0.39, 0.29) is 11.6 Å². The van der Waals surface area contributed by atoms with Crippen LogP contribution < -0.4 is 11.3 Å².